The second-order valence-corrected chi connectivity index (χ2v) is 9.37. The molecular formula is C14H16BNSi. The van der Waals surface area contributed by atoms with Crippen LogP contribution in [-0.2, 0) is 0 Å². The Morgan fingerprint density at radius 2 is 2.06 bits per heavy atom. The van der Waals surface area contributed by atoms with Crippen molar-refractivity contribution in [2.45, 2.75) is 19.5 Å². The van der Waals surface area contributed by atoms with Gasteiger partial charge in [0.2, 0.25) is 0 Å². The van der Waals surface area contributed by atoms with Crippen LogP contribution in [0.2, 0.25) is 13.1 Å². The molecule has 0 bridgehead atoms. The third-order valence-corrected chi connectivity index (χ3v) is 7.30. The molecular weight excluding hydrogens is 221 g/mol. The van der Waals surface area contributed by atoms with Gasteiger partial charge in [-0.1, -0.05) is 0 Å². The summed E-state index contributed by atoms with van der Waals surface area (Å²) in [7, 11) is 0.717. The summed E-state index contributed by atoms with van der Waals surface area (Å²) in [4.78, 5) is 0. The fourth-order valence-corrected chi connectivity index (χ4v) is 5.31. The van der Waals surface area contributed by atoms with E-state index in [9.17, 15) is 0 Å². The van der Waals surface area contributed by atoms with Crippen LogP contribution in [0.15, 0.2) is 53.7 Å². The first-order valence-electron chi connectivity index (χ1n) is 6.12. The summed E-state index contributed by atoms with van der Waals surface area (Å²) in [5.41, 5.74) is 1.37. The predicted molar refractivity (Wildman–Crippen MR) is 78.0 cm³/mol. The molecule has 0 saturated carbocycles. The molecule has 0 atom stereocenters. The standard InChI is InChI=1S/C14H16BNSi/c1-17(2,13-8-4-5-9-13)16-14-10-6-3-7-12(14)11-15-16/h3-8,10-11H,9H2,1-2H3. The van der Waals surface area contributed by atoms with Crippen LogP contribution < -0.4 is 0 Å². The molecule has 1 nitrogen and oxygen atoms in total. The van der Waals surface area contributed by atoms with Gasteiger partial charge in [0, 0.05) is 0 Å². The molecule has 0 saturated heterocycles. The number of benzene rings is 1. The maximum absolute atomic E-state index is 2.52. The van der Waals surface area contributed by atoms with Crippen molar-refractivity contribution in [1.82, 2.24) is 4.14 Å². The molecule has 0 amide bonds. The number of fused-ring (bicyclic) bond motifs is 1. The van der Waals surface area contributed by atoms with E-state index in [0.717, 1.165) is 6.42 Å². The third kappa shape index (κ3) is 1.65. The number of aromatic nitrogens is 1. The van der Waals surface area contributed by atoms with Crippen molar-refractivity contribution >= 4 is 26.2 Å². The fourth-order valence-electron chi connectivity index (χ4n) is 2.63. The van der Waals surface area contributed by atoms with Crippen LogP contribution in [0.3, 0.4) is 0 Å². The summed E-state index contributed by atoms with van der Waals surface area (Å²) in [5, 5.41) is 2.96. The molecule has 1 aromatic carbocycles. The summed E-state index contributed by atoms with van der Waals surface area (Å²) in [5.74, 6) is 2.23. The molecule has 0 fully saturated rings. The van der Waals surface area contributed by atoms with Gasteiger partial charge >= 0.3 is 103 Å². The van der Waals surface area contributed by atoms with Gasteiger partial charge in [0.1, 0.15) is 0 Å². The zero-order chi connectivity index (χ0) is 11.9. The molecule has 0 spiro atoms. The number of hydrogen-bond acceptors (Lipinski definition) is 0. The SMILES string of the molecule is C[Si](C)(C1=CC=CC1)n1bcc2ccccc21. The van der Waals surface area contributed by atoms with Gasteiger partial charge in [0.25, 0.3) is 0 Å². The quantitative estimate of drug-likeness (QED) is 0.705. The van der Waals surface area contributed by atoms with Crippen molar-refractivity contribution in [2.24, 2.45) is 0 Å². The number of rotatable bonds is 2. The molecule has 84 valence electrons. The number of allylic oxidation sites excluding steroid dienone is 4. The van der Waals surface area contributed by atoms with Crippen LogP contribution in [0, 0.1) is 0 Å². The Morgan fingerprint density at radius 3 is 2.82 bits per heavy atom. The Balaban J connectivity index is 2.14. The monoisotopic (exact) mass is 237 g/mol. The molecule has 0 N–H and O–H groups in total. The van der Waals surface area contributed by atoms with E-state index >= 15 is 0 Å². The first kappa shape index (κ1) is 10.8. The van der Waals surface area contributed by atoms with Gasteiger partial charge in [-0.05, 0) is 0 Å². The van der Waals surface area contributed by atoms with Crippen molar-refractivity contribution in [2.75, 3.05) is 0 Å². The number of hydrogen-bond donors (Lipinski definition) is 0. The minimum atomic E-state index is -1.54. The third-order valence-electron chi connectivity index (χ3n) is 3.76. The Hall–Kier alpha value is -1.35. The van der Waals surface area contributed by atoms with Crippen LogP contribution in [0.1, 0.15) is 6.42 Å². The van der Waals surface area contributed by atoms with Gasteiger partial charge < -0.3 is 0 Å². The molecule has 2 aromatic rings. The average molecular weight is 237 g/mol. The summed E-state index contributed by atoms with van der Waals surface area (Å²) < 4.78 is 2.52. The Labute approximate surface area is 104 Å². The van der Waals surface area contributed by atoms with Crippen molar-refractivity contribution in [3.8, 4) is 0 Å². The zero-order valence-electron chi connectivity index (χ0n) is 10.4. The molecule has 3 heteroatoms. The Morgan fingerprint density at radius 1 is 1.24 bits per heavy atom. The van der Waals surface area contributed by atoms with E-state index in [2.05, 4.69) is 72.7 Å². The van der Waals surface area contributed by atoms with Gasteiger partial charge in [-0.25, -0.2) is 0 Å². The van der Waals surface area contributed by atoms with Crippen LogP contribution in [0.4, 0.5) is 0 Å². The molecule has 1 aliphatic rings. The van der Waals surface area contributed by atoms with E-state index in [0.29, 0.717) is 0 Å². The van der Waals surface area contributed by atoms with Crippen LogP contribution in [0.5, 0.6) is 0 Å². The van der Waals surface area contributed by atoms with E-state index in [1.54, 1.807) is 5.20 Å². The van der Waals surface area contributed by atoms with Crippen LogP contribution >= 0.6 is 0 Å². The second kappa shape index (κ2) is 3.84. The molecule has 3 rings (SSSR count). The average Bonchev–Trinajstić information content (AvgIpc) is 2.99. The van der Waals surface area contributed by atoms with Crippen molar-refractivity contribution < 1.29 is 0 Å². The van der Waals surface area contributed by atoms with Gasteiger partial charge in [-0.3, -0.25) is 0 Å². The molecule has 0 aliphatic heterocycles. The Kier molecular flexibility index (Phi) is 2.44. The van der Waals surface area contributed by atoms with E-state index in [1.807, 2.05) is 0 Å². The van der Waals surface area contributed by atoms with E-state index < -0.39 is 8.24 Å². The van der Waals surface area contributed by atoms with Crippen molar-refractivity contribution in [3.63, 3.8) is 0 Å². The summed E-state index contributed by atoms with van der Waals surface area (Å²) >= 11 is 0. The molecule has 1 aromatic heterocycles. The van der Waals surface area contributed by atoms with E-state index in [1.165, 1.54) is 10.9 Å². The normalized spacial score (nSPS) is 15.3. The van der Waals surface area contributed by atoms with Crippen LogP contribution in [-0.4, -0.2) is 19.4 Å². The zero-order valence-corrected chi connectivity index (χ0v) is 11.4. The summed E-state index contributed by atoms with van der Waals surface area (Å²) in [6, 6.07) is 8.66. The maximum atomic E-state index is 2.52. The molecule has 17 heavy (non-hydrogen) atoms. The first-order valence-corrected chi connectivity index (χ1v) is 9.07. The second-order valence-electron chi connectivity index (χ2n) is 5.13. The van der Waals surface area contributed by atoms with Gasteiger partial charge in [-0.2, -0.15) is 0 Å². The molecule has 1 heterocycles. The Bertz CT molecular complexity index is 622. The number of para-hydroxylation sites is 1. The number of nitrogens with zero attached hydrogens (tertiary/aromatic N) is 1. The van der Waals surface area contributed by atoms with Crippen molar-refractivity contribution in [3.05, 3.63) is 53.7 Å². The van der Waals surface area contributed by atoms with Crippen molar-refractivity contribution in [1.29, 1.82) is 0 Å². The minimum absolute atomic E-state index is 1.13. The van der Waals surface area contributed by atoms with Gasteiger partial charge in [0.15, 0.2) is 0 Å². The van der Waals surface area contributed by atoms with Crippen LogP contribution in [0.25, 0.3) is 10.9 Å². The summed E-state index contributed by atoms with van der Waals surface area (Å²) in [6.07, 6.45) is 7.89. The summed E-state index contributed by atoms with van der Waals surface area (Å²) in [6.45, 7) is 4.86. The molecule has 0 unspecified atom stereocenters. The predicted octanol–water partition coefficient (Wildman–Crippen LogP) is 3.46. The fraction of sp³-hybridized carbons (Fsp3) is 0.214. The molecule has 1 aliphatic carbocycles. The topological polar surface area (TPSA) is 4.93 Å². The first-order chi connectivity index (χ1) is 8.19. The van der Waals surface area contributed by atoms with Gasteiger partial charge in [-0.15, -0.1) is 0 Å². The van der Waals surface area contributed by atoms with E-state index in [-0.39, 0.29) is 0 Å². The molecule has 0 radical (unpaired) electrons. The van der Waals surface area contributed by atoms with Gasteiger partial charge in [0.05, 0.1) is 0 Å². The van der Waals surface area contributed by atoms with E-state index in [4.69, 9.17) is 0 Å².